The van der Waals surface area contributed by atoms with Gasteiger partial charge in [0.15, 0.2) is 0 Å². The van der Waals surface area contributed by atoms with Crippen molar-refractivity contribution in [3.8, 4) is 0 Å². The highest BCUT2D eigenvalue weighted by atomic mass is 16.5. The molecule has 1 unspecified atom stereocenters. The van der Waals surface area contributed by atoms with Crippen molar-refractivity contribution >= 4 is 28.9 Å². The lowest BCUT2D eigenvalue weighted by atomic mass is 10.0. The van der Waals surface area contributed by atoms with E-state index < -0.39 is 0 Å². The summed E-state index contributed by atoms with van der Waals surface area (Å²) in [5.41, 5.74) is 3.11. The molecule has 2 aromatic rings. The van der Waals surface area contributed by atoms with Gasteiger partial charge < -0.3 is 20.3 Å². The topological polar surface area (TPSA) is 94.5 Å². The summed E-state index contributed by atoms with van der Waals surface area (Å²) in [6.07, 6.45) is 4.52. The molecule has 0 saturated carbocycles. The van der Waals surface area contributed by atoms with Crippen molar-refractivity contribution in [2.24, 2.45) is 0 Å². The molecule has 3 N–H and O–H groups in total. The summed E-state index contributed by atoms with van der Waals surface area (Å²) in [5, 5.41) is 14.9. The monoisotopic (exact) mass is 448 g/mol. The second-order valence-electron chi connectivity index (χ2n) is 8.06. The van der Waals surface area contributed by atoms with E-state index in [1.54, 1.807) is 11.8 Å². The molecule has 1 atom stereocenters. The van der Waals surface area contributed by atoms with E-state index >= 15 is 0 Å². The van der Waals surface area contributed by atoms with Gasteiger partial charge in [0, 0.05) is 49.6 Å². The van der Waals surface area contributed by atoms with Crippen LogP contribution in [0.4, 0.5) is 11.4 Å². The van der Waals surface area contributed by atoms with Crippen LogP contribution < -0.4 is 15.5 Å². The van der Waals surface area contributed by atoms with Crippen LogP contribution in [0.5, 0.6) is 0 Å². The lowest BCUT2D eigenvalue weighted by Crippen LogP contribution is -2.37. The van der Waals surface area contributed by atoms with Gasteiger partial charge in [-0.3, -0.25) is 15.0 Å². The number of carbonyl (C=O) groups is 2. The van der Waals surface area contributed by atoms with Crippen LogP contribution in [-0.4, -0.2) is 43.5 Å². The van der Waals surface area contributed by atoms with E-state index in [2.05, 4.69) is 10.6 Å². The Bertz CT molecular complexity index is 998. The van der Waals surface area contributed by atoms with E-state index in [0.29, 0.717) is 18.7 Å². The van der Waals surface area contributed by atoms with Crippen molar-refractivity contribution in [1.29, 1.82) is 5.41 Å². The Morgan fingerprint density at radius 3 is 2.52 bits per heavy atom. The second kappa shape index (κ2) is 12.0. The number of ether oxygens (including phenoxy) is 1. The number of anilines is 2. The third kappa shape index (κ3) is 7.02. The van der Waals surface area contributed by atoms with Crippen LogP contribution in [-0.2, 0) is 14.3 Å². The van der Waals surface area contributed by atoms with Crippen molar-refractivity contribution in [3.63, 3.8) is 0 Å². The van der Waals surface area contributed by atoms with E-state index in [0.717, 1.165) is 42.8 Å². The van der Waals surface area contributed by atoms with Gasteiger partial charge in [0.1, 0.15) is 6.23 Å². The lowest BCUT2D eigenvalue weighted by Gasteiger charge is -2.26. The number of carbonyl (C=O) groups excluding carboxylic acids is 2. The highest BCUT2D eigenvalue weighted by Crippen LogP contribution is 2.23. The van der Waals surface area contributed by atoms with E-state index in [4.69, 9.17) is 10.1 Å². The highest BCUT2D eigenvalue weighted by Gasteiger charge is 2.18. The summed E-state index contributed by atoms with van der Waals surface area (Å²) in [6.45, 7) is 4.62. The average molecular weight is 449 g/mol. The molecule has 2 amide bonds. The molecular formula is C26H32N4O3. The Labute approximate surface area is 195 Å². The second-order valence-corrected chi connectivity index (χ2v) is 8.06. The first-order chi connectivity index (χ1) is 16.0. The maximum atomic E-state index is 13.2. The summed E-state index contributed by atoms with van der Waals surface area (Å²) < 4.78 is 5.79. The Morgan fingerprint density at radius 1 is 1.09 bits per heavy atom. The van der Waals surface area contributed by atoms with Crippen molar-refractivity contribution in [1.82, 2.24) is 5.32 Å². The Balaban J connectivity index is 1.78. The summed E-state index contributed by atoms with van der Waals surface area (Å²) in [5.74, 6) is -0.384. The van der Waals surface area contributed by atoms with E-state index in [-0.39, 0.29) is 23.8 Å². The largest absolute Gasteiger partial charge is 0.360 e. The molecule has 1 aliphatic heterocycles. The van der Waals surface area contributed by atoms with Crippen LogP contribution in [0.2, 0.25) is 0 Å². The van der Waals surface area contributed by atoms with Gasteiger partial charge in [-0.25, -0.2) is 0 Å². The highest BCUT2D eigenvalue weighted by molar-refractivity contribution is 6.17. The van der Waals surface area contributed by atoms with E-state index in [9.17, 15) is 9.59 Å². The first-order valence-electron chi connectivity index (χ1n) is 11.3. The lowest BCUT2D eigenvalue weighted by molar-refractivity contribution is -0.119. The predicted molar refractivity (Wildman–Crippen MR) is 132 cm³/mol. The molecule has 1 fully saturated rings. The van der Waals surface area contributed by atoms with Crippen LogP contribution in [0, 0.1) is 5.41 Å². The molecular weight excluding hydrogens is 416 g/mol. The van der Waals surface area contributed by atoms with Gasteiger partial charge in [-0.15, -0.1) is 0 Å². The molecule has 1 heterocycles. The zero-order valence-corrected chi connectivity index (χ0v) is 19.3. The molecule has 0 aromatic heterocycles. The average Bonchev–Trinajstić information content (AvgIpc) is 2.82. The maximum absolute atomic E-state index is 13.2. The Morgan fingerprint density at radius 2 is 1.82 bits per heavy atom. The Kier molecular flexibility index (Phi) is 8.78. The van der Waals surface area contributed by atoms with Crippen LogP contribution in [0.3, 0.4) is 0 Å². The van der Waals surface area contributed by atoms with Gasteiger partial charge >= 0.3 is 0 Å². The normalized spacial score (nSPS) is 16.1. The smallest absolute Gasteiger partial charge is 0.251 e. The molecule has 2 aromatic carbocycles. The summed E-state index contributed by atoms with van der Waals surface area (Å²) in [7, 11) is 0. The Hall–Kier alpha value is -3.45. The summed E-state index contributed by atoms with van der Waals surface area (Å²) in [4.78, 5) is 26.0. The minimum Gasteiger partial charge on any atom is -0.360 e. The molecule has 3 rings (SSSR count). The van der Waals surface area contributed by atoms with Gasteiger partial charge in [-0.2, -0.15) is 0 Å². The molecule has 0 bridgehead atoms. The fourth-order valence-electron chi connectivity index (χ4n) is 3.72. The van der Waals surface area contributed by atoms with Gasteiger partial charge in [0.05, 0.1) is 5.71 Å². The third-order valence-corrected chi connectivity index (χ3v) is 5.47. The maximum Gasteiger partial charge on any atom is 0.251 e. The van der Waals surface area contributed by atoms with Gasteiger partial charge in [0.25, 0.3) is 5.91 Å². The fourth-order valence-corrected chi connectivity index (χ4v) is 3.72. The van der Waals surface area contributed by atoms with Crippen molar-refractivity contribution in [2.45, 2.75) is 39.3 Å². The van der Waals surface area contributed by atoms with Crippen molar-refractivity contribution in [2.75, 3.05) is 29.9 Å². The molecule has 0 aliphatic carbocycles. The molecule has 1 saturated heterocycles. The summed E-state index contributed by atoms with van der Waals surface area (Å²) >= 11 is 0. The van der Waals surface area contributed by atoms with E-state index in [1.807, 2.05) is 54.6 Å². The first-order valence-corrected chi connectivity index (χ1v) is 11.3. The fraction of sp³-hybridized carbons (Fsp3) is 0.346. The molecule has 7 heteroatoms. The van der Waals surface area contributed by atoms with Crippen molar-refractivity contribution in [3.05, 3.63) is 71.8 Å². The minimum absolute atomic E-state index is 0.0686. The number of rotatable bonds is 9. The molecule has 0 spiro atoms. The minimum atomic E-state index is -0.241. The zero-order valence-electron chi connectivity index (χ0n) is 19.3. The molecule has 174 valence electrons. The number of hydrogen-bond donors (Lipinski definition) is 3. The standard InChI is InChI=1S/C26H32N4O3/c1-19(18-25(32)30(16-15-28-20(2)31)21-10-4-3-5-11-21)26(27)22-12-6-7-13-23(22)29-24-14-8-9-17-33-24/h3-7,10-13,18,24,27,29H,8-9,14-17H2,1-2H3,(H,28,31)/b19-18+,27-26?. The quantitative estimate of drug-likeness (QED) is 0.397. The number of amides is 2. The van der Waals surface area contributed by atoms with Crippen LogP contribution in [0.25, 0.3) is 0 Å². The SMILES string of the molecule is CC(=O)NCCN(C(=O)/C=C(\C)C(=N)c1ccccc1NC1CCCCO1)c1ccccc1. The van der Waals surface area contributed by atoms with Gasteiger partial charge in [-0.1, -0.05) is 36.4 Å². The number of para-hydroxylation sites is 2. The molecule has 1 aliphatic rings. The molecule has 0 radical (unpaired) electrons. The number of nitrogens with one attached hydrogen (secondary N) is 3. The van der Waals surface area contributed by atoms with Crippen LogP contribution in [0.1, 0.15) is 38.7 Å². The van der Waals surface area contributed by atoms with E-state index in [1.165, 1.54) is 13.0 Å². The third-order valence-electron chi connectivity index (χ3n) is 5.47. The van der Waals surface area contributed by atoms with Crippen LogP contribution in [0.15, 0.2) is 66.2 Å². The summed E-state index contributed by atoms with van der Waals surface area (Å²) in [6, 6.07) is 16.9. The number of benzene rings is 2. The molecule has 33 heavy (non-hydrogen) atoms. The predicted octanol–water partition coefficient (Wildman–Crippen LogP) is 4.11. The van der Waals surface area contributed by atoms with Gasteiger partial charge in [0.2, 0.25) is 5.91 Å². The zero-order chi connectivity index (χ0) is 23.6. The first kappa shape index (κ1) is 24.2. The molecule has 7 nitrogen and oxygen atoms in total. The van der Waals surface area contributed by atoms with Gasteiger partial charge in [-0.05, 0) is 50.0 Å². The number of allylic oxidation sites excluding steroid dienone is 1. The van der Waals surface area contributed by atoms with Crippen LogP contribution >= 0.6 is 0 Å². The number of nitrogens with zero attached hydrogens (tertiary/aromatic N) is 1. The van der Waals surface area contributed by atoms with Crippen molar-refractivity contribution < 1.29 is 14.3 Å². The number of hydrogen-bond acceptors (Lipinski definition) is 5.